The minimum atomic E-state index is -1.10. The summed E-state index contributed by atoms with van der Waals surface area (Å²) in [6, 6.07) is 19.0. The van der Waals surface area contributed by atoms with Crippen LogP contribution in [0.25, 0.3) is 11.0 Å². The zero-order valence-corrected chi connectivity index (χ0v) is 21.1. The van der Waals surface area contributed by atoms with E-state index in [1.165, 1.54) is 5.69 Å². The van der Waals surface area contributed by atoms with Crippen molar-refractivity contribution < 1.29 is 4.21 Å². The van der Waals surface area contributed by atoms with Crippen LogP contribution >= 0.6 is 0 Å². The first-order valence-corrected chi connectivity index (χ1v) is 13.3. The van der Waals surface area contributed by atoms with Crippen LogP contribution < -0.4 is 19.8 Å². The molecule has 3 heterocycles. The van der Waals surface area contributed by atoms with Crippen molar-refractivity contribution in [3.63, 3.8) is 0 Å². The number of aromatic nitrogens is 3. The topological polar surface area (TPSA) is 78.3 Å². The third kappa shape index (κ3) is 5.16. The van der Waals surface area contributed by atoms with Gasteiger partial charge in [0.05, 0.1) is 12.2 Å². The van der Waals surface area contributed by atoms with Crippen molar-refractivity contribution in [2.24, 2.45) is 0 Å². The molecule has 2 aromatic heterocycles. The number of nitrogens with one attached hydrogen (secondary N) is 2. The van der Waals surface area contributed by atoms with Gasteiger partial charge < -0.3 is 20.1 Å². The molecular weight excluding hydrogens is 458 g/mol. The molecule has 5 rings (SSSR count). The number of hydrogen-bond acceptors (Lipinski definition) is 6. The summed E-state index contributed by atoms with van der Waals surface area (Å²) in [6.07, 6.45) is 5.55. The Morgan fingerprint density at radius 2 is 1.97 bits per heavy atom. The number of hydrogen-bond donors (Lipinski definition) is 2. The normalized spacial score (nSPS) is 16.9. The maximum absolute atomic E-state index is 12.1. The van der Waals surface area contributed by atoms with Gasteiger partial charge >= 0.3 is 0 Å². The lowest BCUT2D eigenvalue weighted by Gasteiger charge is -2.33. The van der Waals surface area contributed by atoms with Crippen LogP contribution in [0.3, 0.4) is 0 Å². The molecule has 0 bridgehead atoms. The predicted octanol–water partition coefficient (Wildman–Crippen LogP) is 3.75. The molecule has 2 unspecified atom stereocenters. The molecule has 0 aliphatic carbocycles. The second-order valence-electron chi connectivity index (χ2n) is 8.94. The van der Waals surface area contributed by atoms with E-state index in [4.69, 9.17) is 4.98 Å². The highest BCUT2D eigenvalue weighted by molar-refractivity contribution is 7.85. The monoisotopic (exact) mass is 489 g/mol. The summed E-state index contributed by atoms with van der Waals surface area (Å²) in [5, 5.41) is 7.80. The van der Waals surface area contributed by atoms with Crippen molar-refractivity contribution >= 4 is 45.0 Å². The molecule has 1 aliphatic heterocycles. The SMILES string of the molecule is CC1CN(c2ccc(Nc3ncc4ccn(Cc5ccccc5N(C)S(C)=O)c4n3)cc2)CCN1. The third-order valence-corrected chi connectivity index (χ3v) is 7.38. The molecule has 35 heavy (non-hydrogen) atoms. The van der Waals surface area contributed by atoms with Gasteiger partial charge in [0.15, 0.2) is 0 Å². The van der Waals surface area contributed by atoms with Gasteiger partial charge in [0.25, 0.3) is 0 Å². The Kier molecular flexibility index (Phi) is 6.70. The minimum Gasteiger partial charge on any atom is -0.369 e. The van der Waals surface area contributed by atoms with Gasteiger partial charge in [-0.2, -0.15) is 4.98 Å². The van der Waals surface area contributed by atoms with Crippen molar-refractivity contribution in [2.45, 2.75) is 19.5 Å². The molecule has 1 fully saturated rings. The van der Waals surface area contributed by atoms with Gasteiger partial charge in [-0.25, -0.2) is 9.19 Å². The van der Waals surface area contributed by atoms with Crippen LogP contribution in [0.1, 0.15) is 12.5 Å². The van der Waals surface area contributed by atoms with Gasteiger partial charge in [0, 0.05) is 68.1 Å². The fraction of sp³-hybridized carbons (Fsp3) is 0.308. The van der Waals surface area contributed by atoms with Crippen LogP contribution in [0.15, 0.2) is 67.0 Å². The highest BCUT2D eigenvalue weighted by atomic mass is 32.2. The third-order valence-electron chi connectivity index (χ3n) is 6.42. The number of anilines is 4. The van der Waals surface area contributed by atoms with Gasteiger partial charge in [-0.1, -0.05) is 18.2 Å². The van der Waals surface area contributed by atoms with Crippen molar-refractivity contribution in [3.8, 4) is 0 Å². The van der Waals surface area contributed by atoms with Crippen LogP contribution in [0.5, 0.6) is 0 Å². The zero-order valence-electron chi connectivity index (χ0n) is 20.3. The lowest BCUT2D eigenvalue weighted by atomic mass is 10.2. The molecule has 0 radical (unpaired) electrons. The molecule has 2 atom stereocenters. The number of rotatable bonds is 7. The van der Waals surface area contributed by atoms with Gasteiger partial charge in [0.2, 0.25) is 5.95 Å². The standard InChI is InChI=1S/C26H31N7OS/c1-19-17-32(15-13-27-19)23-10-8-22(9-11-23)29-26-28-16-20-12-14-33(25(20)30-26)18-21-6-4-5-7-24(21)31(2)35(3)34/h4-12,14,16,19,27H,13,15,17-18H2,1-3H3,(H,28,29,30). The van der Waals surface area contributed by atoms with Crippen LogP contribution in [-0.2, 0) is 17.5 Å². The summed E-state index contributed by atoms with van der Waals surface area (Å²) in [7, 11) is 0.752. The summed E-state index contributed by atoms with van der Waals surface area (Å²) < 4.78 is 15.9. The Bertz CT molecular complexity index is 1340. The molecule has 182 valence electrons. The first-order chi connectivity index (χ1) is 17.0. The van der Waals surface area contributed by atoms with E-state index in [0.717, 1.165) is 47.6 Å². The summed E-state index contributed by atoms with van der Waals surface area (Å²) in [5.74, 6) is 0.557. The number of benzene rings is 2. The quantitative estimate of drug-likeness (QED) is 0.412. The summed E-state index contributed by atoms with van der Waals surface area (Å²) in [4.78, 5) is 11.7. The highest BCUT2D eigenvalue weighted by Gasteiger charge is 2.16. The van der Waals surface area contributed by atoms with Crippen molar-refractivity contribution in [2.75, 3.05) is 47.5 Å². The fourth-order valence-corrected chi connectivity index (χ4v) is 4.94. The highest BCUT2D eigenvalue weighted by Crippen LogP contribution is 2.25. The van der Waals surface area contributed by atoms with E-state index in [2.05, 4.69) is 62.3 Å². The van der Waals surface area contributed by atoms with E-state index in [9.17, 15) is 4.21 Å². The number of nitrogens with zero attached hydrogens (tertiary/aromatic N) is 5. The van der Waals surface area contributed by atoms with E-state index >= 15 is 0 Å². The Morgan fingerprint density at radius 1 is 1.17 bits per heavy atom. The van der Waals surface area contributed by atoms with Gasteiger partial charge in [0.1, 0.15) is 16.6 Å². The van der Waals surface area contributed by atoms with Crippen LogP contribution in [0.2, 0.25) is 0 Å². The van der Waals surface area contributed by atoms with Gasteiger partial charge in [-0.05, 0) is 48.9 Å². The van der Waals surface area contributed by atoms with Crippen molar-refractivity contribution in [1.82, 2.24) is 19.9 Å². The molecule has 8 nitrogen and oxygen atoms in total. The summed E-state index contributed by atoms with van der Waals surface area (Å²) in [6.45, 7) is 5.87. The number of piperazine rings is 1. The molecule has 9 heteroatoms. The average Bonchev–Trinajstić information content (AvgIpc) is 3.26. The van der Waals surface area contributed by atoms with Crippen LogP contribution in [0, 0.1) is 0 Å². The first kappa shape index (κ1) is 23.3. The first-order valence-electron chi connectivity index (χ1n) is 11.8. The Balaban J connectivity index is 1.35. The maximum Gasteiger partial charge on any atom is 0.229 e. The van der Waals surface area contributed by atoms with Gasteiger partial charge in [-0.3, -0.25) is 4.31 Å². The lowest BCUT2D eigenvalue weighted by molar-refractivity contribution is 0.485. The molecule has 0 spiro atoms. The molecule has 4 aromatic rings. The summed E-state index contributed by atoms with van der Waals surface area (Å²) in [5.41, 5.74) is 5.05. The molecule has 0 saturated carbocycles. The second-order valence-corrected chi connectivity index (χ2v) is 10.3. The maximum atomic E-state index is 12.1. The van der Waals surface area contributed by atoms with Gasteiger partial charge in [-0.15, -0.1) is 0 Å². The van der Waals surface area contributed by atoms with E-state index in [1.54, 1.807) is 10.6 Å². The molecular formula is C26H31N7OS. The van der Waals surface area contributed by atoms with Crippen molar-refractivity contribution in [3.05, 3.63) is 72.6 Å². The van der Waals surface area contributed by atoms with E-state index in [1.807, 2.05) is 43.7 Å². The summed E-state index contributed by atoms with van der Waals surface area (Å²) >= 11 is 0. The Morgan fingerprint density at radius 3 is 2.74 bits per heavy atom. The van der Waals surface area contributed by atoms with Crippen molar-refractivity contribution in [1.29, 1.82) is 0 Å². The largest absolute Gasteiger partial charge is 0.369 e. The predicted molar refractivity (Wildman–Crippen MR) is 145 cm³/mol. The number of fused-ring (bicyclic) bond motifs is 1. The molecule has 0 amide bonds. The van der Waals surface area contributed by atoms with E-state index in [-0.39, 0.29) is 0 Å². The zero-order chi connectivity index (χ0) is 24.4. The molecule has 2 N–H and O–H groups in total. The lowest BCUT2D eigenvalue weighted by Crippen LogP contribution is -2.49. The number of para-hydroxylation sites is 1. The second kappa shape index (κ2) is 10.1. The average molecular weight is 490 g/mol. The minimum absolute atomic E-state index is 0.495. The fourth-order valence-electron chi connectivity index (χ4n) is 4.48. The van der Waals surface area contributed by atoms with Crippen LogP contribution in [-0.4, -0.2) is 57.7 Å². The van der Waals surface area contributed by atoms with E-state index in [0.29, 0.717) is 18.5 Å². The Hall–Kier alpha value is -3.43. The molecule has 1 aliphatic rings. The van der Waals surface area contributed by atoms with Crippen LogP contribution in [0.4, 0.5) is 23.0 Å². The molecule has 2 aromatic carbocycles. The van der Waals surface area contributed by atoms with E-state index < -0.39 is 11.0 Å². The smallest absolute Gasteiger partial charge is 0.229 e. The Labute approximate surface area is 208 Å². The molecule has 1 saturated heterocycles.